The Morgan fingerprint density at radius 3 is 2.59 bits per heavy atom. The highest BCUT2D eigenvalue weighted by Crippen LogP contribution is 2.25. The van der Waals surface area contributed by atoms with Crippen LogP contribution in [0.1, 0.15) is 33.6 Å². The van der Waals surface area contributed by atoms with E-state index in [0.717, 1.165) is 33.7 Å². The Bertz CT molecular complexity index is 1440. The molecule has 3 aromatic carbocycles. The molecule has 6 nitrogen and oxygen atoms in total. The lowest BCUT2D eigenvalue weighted by Crippen LogP contribution is -2.10. The number of hydrogen-bond donors (Lipinski definition) is 1. The molecule has 0 bridgehead atoms. The highest BCUT2D eigenvalue weighted by atomic mass is 19.1. The van der Waals surface area contributed by atoms with Gasteiger partial charge in [-0.2, -0.15) is 5.10 Å². The van der Waals surface area contributed by atoms with Crippen molar-refractivity contribution in [3.63, 3.8) is 0 Å². The first-order chi connectivity index (χ1) is 17.8. The molecule has 1 heterocycles. The Labute approximate surface area is 216 Å². The van der Waals surface area contributed by atoms with Crippen molar-refractivity contribution in [2.75, 3.05) is 12.4 Å². The van der Waals surface area contributed by atoms with Crippen molar-refractivity contribution in [3.05, 3.63) is 112 Å². The van der Waals surface area contributed by atoms with Gasteiger partial charge in [0.25, 0.3) is 0 Å². The second-order valence-electron chi connectivity index (χ2n) is 8.78. The molecule has 0 radical (unpaired) electrons. The number of aromatic nitrogens is 2. The number of ether oxygens (including phenoxy) is 2. The number of nitrogens with one attached hydrogen (secondary N) is 1. The Morgan fingerprint density at radius 2 is 1.84 bits per heavy atom. The summed E-state index contributed by atoms with van der Waals surface area (Å²) >= 11 is 0. The van der Waals surface area contributed by atoms with E-state index >= 15 is 0 Å². The van der Waals surface area contributed by atoms with Crippen LogP contribution in [0.4, 0.5) is 10.1 Å². The molecule has 0 aliphatic rings. The summed E-state index contributed by atoms with van der Waals surface area (Å²) in [5.74, 6) is 0.965. The molecular weight excluding hydrogens is 469 g/mol. The fourth-order valence-electron chi connectivity index (χ4n) is 4.07. The molecule has 1 N–H and O–H groups in total. The van der Waals surface area contributed by atoms with Crippen LogP contribution in [0, 0.1) is 26.6 Å². The van der Waals surface area contributed by atoms with Gasteiger partial charge in [-0.25, -0.2) is 4.39 Å². The number of amides is 1. The molecule has 0 atom stereocenters. The summed E-state index contributed by atoms with van der Waals surface area (Å²) in [6.07, 6.45) is 3.23. The number of hydrogen-bond acceptors (Lipinski definition) is 4. The van der Waals surface area contributed by atoms with Gasteiger partial charge in [-0.05, 0) is 73.9 Å². The maximum absolute atomic E-state index is 13.5. The number of methoxy groups -OCH3 is 1. The summed E-state index contributed by atoms with van der Waals surface area (Å²) < 4.78 is 26.8. The molecule has 4 rings (SSSR count). The van der Waals surface area contributed by atoms with E-state index in [2.05, 4.69) is 10.4 Å². The minimum absolute atomic E-state index is 0.273. The van der Waals surface area contributed by atoms with Crippen molar-refractivity contribution in [1.29, 1.82) is 0 Å². The smallest absolute Gasteiger partial charge is 0.248 e. The van der Waals surface area contributed by atoms with E-state index in [4.69, 9.17) is 9.47 Å². The number of nitrogens with zero attached hydrogens (tertiary/aromatic N) is 2. The van der Waals surface area contributed by atoms with Crippen LogP contribution >= 0.6 is 0 Å². The maximum atomic E-state index is 13.5. The van der Waals surface area contributed by atoms with Crippen molar-refractivity contribution in [1.82, 2.24) is 9.78 Å². The summed E-state index contributed by atoms with van der Waals surface area (Å²) in [6.45, 7) is 6.46. The molecule has 190 valence electrons. The number of anilines is 1. The lowest BCUT2D eigenvalue weighted by Gasteiger charge is -2.12. The standard InChI is InChI=1S/C30H30FN3O3/c1-20-8-5-6-11-27(20)37-19-25-16-23(12-14-28(25)36-4)13-15-29(35)32-30-21(2)33-34(22(30)3)18-24-9-7-10-26(31)17-24/h5-17H,18-19H2,1-4H3,(H,32,35)/b15-13+. The van der Waals surface area contributed by atoms with Crippen LogP contribution in [-0.2, 0) is 17.9 Å². The van der Waals surface area contributed by atoms with Gasteiger partial charge in [0, 0.05) is 11.6 Å². The molecule has 37 heavy (non-hydrogen) atoms. The van der Waals surface area contributed by atoms with Crippen molar-refractivity contribution < 1.29 is 18.7 Å². The van der Waals surface area contributed by atoms with Crippen LogP contribution in [0.3, 0.4) is 0 Å². The van der Waals surface area contributed by atoms with Crippen LogP contribution in [0.5, 0.6) is 11.5 Å². The molecule has 0 saturated heterocycles. The fraction of sp³-hybridized carbons (Fsp3) is 0.200. The SMILES string of the molecule is COc1ccc(/C=C/C(=O)Nc2c(C)nn(Cc3cccc(F)c3)c2C)cc1COc1ccccc1C. The molecule has 0 fully saturated rings. The zero-order valence-corrected chi connectivity index (χ0v) is 21.4. The quantitative estimate of drug-likeness (QED) is 0.277. The molecule has 4 aromatic rings. The summed E-state index contributed by atoms with van der Waals surface area (Å²) in [7, 11) is 1.62. The van der Waals surface area contributed by atoms with E-state index < -0.39 is 0 Å². The van der Waals surface area contributed by atoms with Crippen molar-refractivity contribution in [3.8, 4) is 11.5 Å². The number of aryl methyl sites for hydroxylation is 2. The van der Waals surface area contributed by atoms with E-state index in [0.29, 0.717) is 30.3 Å². The Hall–Kier alpha value is -4.39. The van der Waals surface area contributed by atoms with E-state index in [1.165, 1.54) is 18.2 Å². The highest BCUT2D eigenvalue weighted by molar-refractivity contribution is 6.02. The lowest BCUT2D eigenvalue weighted by atomic mass is 10.1. The summed E-state index contributed by atoms with van der Waals surface area (Å²) in [5, 5.41) is 7.44. The first-order valence-corrected chi connectivity index (χ1v) is 12.0. The Balaban J connectivity index is 1.44. The number of para-hydroxylation sites is 1. The third-order valence-electron chi connectivity index (χ3n) is 6.06. The Kier molecular flexibility index (Phi) is 8.03. The van der Waals surface area contributed by atoms with Crippen molar-refractivity contribution in [2.24, 2.45) is 0 Å². The van der Waals surface area contributed by atoms with Gasteiger partial charge in [0.1, 0.15) is 23.9 Å². The molecule has 0 aliphatic heterocycles. The maximum Gasteiger partial charge on any atom is 0.248 e. The fourth-order valence-corrected chi connectivity index (χ4v) is 4.07. The van der Waals surface area contributed by atoms with Crippen molar-refractivity contribution in [2.45, 2.75) is 33.9 Å². The molecule has 0 aliphatic carbocycles. The predicted octanol–water partition coefficient (Wildman–Crippen LogP) is 6.24. The summed E-state index contributed by atoms with van der Waals surface area (Å²) in [5.41, 5.74) is 5.70. The van der Waals surface area contributed by atoms with Gasteiger partial charge in [0.05, 0.1) is 30.7 Å². The normalized spacial score (nSPS) is 11.1. The monoisotopic (exact) mass is 499 g/mol. The zero-order chi connectivity index (χ0) is 26.4. The van der Waals surface area contributed by atoms with Gasteiger partial charge < -0.3 is 14.8 Å². The van der Waals surface area contributed by atoms with E-state index in [9.17, 15) is 9.18 Å². The second kappa shape index (κ2) is 11.6. The first kappa shape index (κ1) is 25.7. The van der Waals surface area contributed by atoms with Crippen LogP contribution in [0.25, 0.3) is 6.08 Å². The number of halogens is 1. The van der Waals surface area contributed by atoms with Crippen molar-refractivity contribution >= 4 is 17.7 Å². The van der Waals surface area contributed by atoms with Crippen LogP contribution in [-0.4, -0.2) is 22.8 Å². The number of benzene rings is 3. The largest absolute Gasteiger partial charge is 0.496 e. The zero-order valence-electron chi connectivity index (χ0n) is 21.4. The molecule has 1 amide bonds. The van der Waals surface area contributed by atoms with Crippen LogP contribution < -0.4 is 14.8 Å². The van der Waals surface area contributed by atoms with E-state index in [1.807, 2.05) is 69.3 Å². The minimum atomic E-state index is -0.291. The molecule has 0 spiro atoms. The van der Waals surface area contributed by atoms with Crippen LogP contribution in [0.15, 0.2) is 72.8 Å². The second-order valence-corrected chi connectivity index (χ2v) is 8.78. The number of rotatable bonds is 9. The van der Waals surface area contributed by atoms with Gasteiger partial charge >= 0.3 is 0 Å². The minimum Gasteiger partial charge on any atom is -0.496 e. The topological polar surface area (TPSA) is 65.4 Å². The van der Waals surface area contributed by atoms with E-state index in [-0.39, 0.29) is 11.7 Å². The lowest BCUT2D eigenvalue weighted by molar-refractivity contribution is -0.111. The average molecular weight is 500 g/mol. The Morgan fingerprint density at radius 1 is 1.03 bits per heavy atom. The summed E-state index contributed by atoms with van der Waals surface area (Å²) in [4.78, 5) is 12.7. The highest BCUT2D eigenvalue weighted by Gasteiger charge is 2.14. The van der Waals surface area contributed by atoms with Gasteiger partial charge in [-0.15, -0.1) is 0 Å². The third-order valence-corrected chi connectivity index (χ3v) is 6.06. The number of carbonyl (C=O) groups is 1. The molecule has 1 aromatic heterocycles. The predicted molar refractivity (Wildman–Crippen MR) is 143 cm³/mol. The van der Waals surface area contributed by atoms with Gasteiger partial charge in [0.15, 0.2) is 0 Å². The van der Waals surface area contributed by atoms with E-state index in [1.54, 1.807) is 23.9 Å². The van der Waals surface area contributed by atoms with Gasteiger partial charge in [-0.3, -0.25) is 9.48 Å². The van der Waals surface area contributed by atoms with Gasteiger partial charge in [0.2, 0.25) is 5.91 Å². The summed E-state index contributed by atoms with van der Waals surface area (Å²) in [6, 6.07) is 19.9. The third kappa shape index (κ3) is 6.44. The van der Waals surface area contributed by atoms with Crippen LogP contribution in [0.2, 0.25) is 0 Å². The van der Waals surface area contributed by atoms with Gasteiger partial charge in [-0.1, -0.05) is 36.4 Å². The first-order valence-electron chi connectivity index (χ1n) is 12.0. The average Bonchev–Trinajstić information content (AvgIpc) is 3.14. The molecule has 0 saturated carbocycles. The number of carbonyl (C=O) groups excluding carboxylic acids is 1. The molecule has 7 heteroatoms. The molecular formula is C30H30FN3O3. The molecule has 0 unspecified atom stereocenters.